The highest BCUT2D eigenvalue weighted by atomic mass is 16.4. The molecule has 0 aromatic heterocycles. The van der Waals surface area contributed by atoms with Gasteiger partial charge in [0.1, 0.15) is 0 Å². The number of carbonyl (C=O) groups is 1. The van der Waals surface area contributed by atoms with Crippen LogP contribution in [0.2, 0.25) is 0 Å². The monoisotopic (exact) mass is 332 g/mol. The lowest BCUT2D eigenvalue weighted by atomic mass is 9.92. The van der Waals surface area contributed by atoms with Gasteiger partial charge in [-0.05, 0) is 17.9 Å². The summed E-state index contributed by atoms with van der Waals surface area (Å²) in [5.74, 6) is -0.191. The third-order valence-electron chi connectivity index (χ3n) is 4.99. The molecule has 0 aliphatic carbocycles. The van der Waals surface area contributed by atoms with Crippen LogP contribution in [0.3, 0.4) is 0 Å². The van der Waals surface area contributed by atoms with E-state index in [1.807, 2.05) is 30.3 Å². The molecule has 2 unspecified atom stereocenters. The van der Waals surface area contributed by atoms with Crippen LogP contribution in [0.4, 0.5) is 0 Å². The van der Waals surface area contributed by atoms with Gasteiger partial charge in [-0.25, -0.2) is 0 Å². The number of hydrogen-bond donors (Lipinski definition) is 1. The molecule has 0 heterocycles. The van der Waals surface area contributed by atoms with Crippen molar-refractivity contribution in [3.63, 3.8) is 0 Å². The molecule has 1 aromatic rings. The molecule has 0 aliphatic rings. The largest absolute Gasteiger partial charge is 0.481 e. The summed E-state index contributed by atoms with van der Waals surface area (Å²) in [4.78, 5) is 11.5. The van der Waals surface area contributed by atoms with E-state index in [4.69, 9.17) is 0 Å². The van der Waals surface area contributed by atoms with Crippen molar-refractivity contribution in [1.82, 2.24) is 0 Å². The summed E-state index contributed by atoms with van der Waals surface area (Å²) < 4.78 is 0. The molecule has 0 bridgehead atoms. The molecule has 2 atom stereocenters. The molecule has 0 fully saturated rings. The van der Waals surface area contributed by atoms with Gasteiger partial charge in [0.25, 0.3) is 0 Å². The molecule has 0 saturated heterocycles. The maximum absolute atomic E-state index is 11.5. The van der Waals surface area contributed by atoms with Crippen LogP contribution in [0.5, 0.6) is 0 Å². The fraction of sp³-hybridized carbons (Fsp3) is 0.682. The average Bonchev–Trinajstić information content (AvgIpc) is 2.58. The van der Waals surface area contributed by atoms with Gasteiger partial charge in [-0.2, -0.15) is 0 Å². The third-order valence-corrected chi connectivity index (χ3v) is 4.99. The molecule has 1 rings (SSSR count). The van der Waals surface area contributed by atoms with Crippen LogP contribution < -0.4 is 0 Å². The number of unbranched alkanes of at least 4 members (excludes halogenated alkanes) is 6. The molecule has 136 valence electrons. The lowest BCUT2D eigenvalue weighted by Gasteiger charge is -2.13. The molecule has 0 radical (unpaired) electrons. The Kier molecular flexibility index (Phi) is 11.3. The van der Waals surface area contributed by atoms with Crippen LogP contribution in [0.25, 0.3) is 0 Å². The molecule has 2 heteroatoms. The molecular formula is C22H36O2. The molecule has 0 aliphatic heterocycles. The molecule has 24 heavy (non-hydrogen) atoms. The Morgan fingerprint density at radius 1 is 0.875 bits per heavy atom. The van der Waals surface area contributed by atoms with Gasteiger partial charge < -0.3 is 5.11 Å². The first-order chi connectivity index (χ1) is 11.6. The second-order valence-electron chi connectivity index (χ2n) is 7.25. The fourth-order valence-electron chi connectivity index (χ4n) is 3.38. The first-order valence-electron chi connectivity index (χ1n) is 9.92. The highest BCUT2D eigenvalue weighted by Crippen LogP contribution is 2.24. The molecule has 2 nitrogen and oxygen atoms in total. The van der Waals surface area contributed by atoms with Crippen molar-refractivity contribution < 1.29 is 9.90 Å². The van der Waals surface area contributed by atoms with Gasteiger partial charge in [-0.15, -0.1) is 0 Å². The van der Waals surface area contributed by atoms with E-state index >= 15 is 0 Å². The van der Waals surface area contributed by atoms with Gasteiger partial charge in [0.05, 0.1) is 5.92 Å². The van der Waals surface area contributed by atoms with Crippen molar-refractivity contribution in [2.24, 2.45) is 5.92 Å². The Labute approximate surface area is 148 Å². The Hall–Kier alpha value is -1.31. The van der Waals surface area contributed by atoms with Crippen LogP contribution >= 0.6 is 0 Å². The highest BCUT2D eigenvalue weighted by Gasteiger charge is 2.18. The summed E-state index contributed by atoms with van der Waals surface area (Å²) in [5, 5.41) is 9.42. The van der Waals surface area contributed by atoms with Gasteiger partial charge in [-0.3, -0.25) is 4.79 Å². The van der Waals surface area contributed by atoms with Crippen LogP contribution in [-0.2, 0) is 4.79 Å². The Morgan fingerprint density at radius 3 is 1.96 bits per heavy atom. The molecule has 0 saturated carbocycles. The van der Waals surface area contributed by atoms with Gasteiger partial charge >= 0.3 is 5.97 Å². The SMILES string of the molecule is CCCCCCC(C)CCCCCCC(C(=O)O)c1ccccc1. The van der Waals surface area contributed by atoms with Crippen LogP contribution in [-0.4, -0.2) is 11.1 Å². The van der Waals surface area contributed by atoms with E-state index in [1.54, 1.807) is 0 Å². The highest BCUT2D eigenvalue weighted by molar-refractivity contribution is 5.75. The standard InChI is InChI=1S/C22H36O2/c1-3-4-5-9-14-19(2)15-10-6-7-13-18-21(22(23)24)20-16-11-8-12-17-20/h8,11-12,16-17,19,21H,3-7,9-10,13-15,18H2,1-2H3,(H,23,24). The van der Waals surface area contributed by atoms with Crippen molar-refractivity contribution >= 4 is 5.97 Å². The average molecular weight is 333 g/mol. The number of carboxylic acid groups (broad SMARTS) is 1. The van der Waals surface area contributed by atoms with E-state index in [-0.39, 0.29) is 5.92 Å². The number of rotatable bonds is 14. The number of carboxylic acids is 1. The molecule has 1 aromatic carbocycles. The van der Waals surface area contributed by atoms with E-state index < -0.39 is 5.97 Å². The quantitative estimate of drug-likeness (QED) is 0.380. The van der Waals surface area contributed by atoms with E-state index in [1.165, 1.54) is 51.4 Å². The second kappa shape index (κ2) is 13.0. The van der Waals surface area contributed by atoms with Crippen LogP contribution in [0, 0.1) is 5.92 Å². The van der Waals surface area contributed by atoms with Crippen molar-refractivity contribution in [3.8, 4) is 0 Å². The number of benzene rings is 1. The second-order valence-corrected chi connectivity index (χ2v) is 7.25. The lowest BCUT2D eigenvalue weighted by molar-refractivity contribution is -0.139. The maximum atomic E-state index is 11.5. The summed E-state index contributed by atoms with van der Waals surface area (Å²) in [6.45, 7) is 4.64. The Morgan fingerprint density at radius 2 is 1.42 bits per heavy atom. The third kappa shape index (κ3) is 9.10. The van der Waals surface area contributed by atoms with Crippen molar-refractivity contribution in [2.45, 2.75) is 90.4 Å². The van der Waals surface area contributed by atoms with E-state index in [9.17, 15) is 9.90 Å². The summed E-state index contributed by atoms with van der Waals surface area (Å²) in [5.41, 5.74) is 0.936. The van der Waals surface area contributed by atoms with E-state index in [2.05, 4.69) is 13.8 Å². The minimum atomic E-state index is -0.693. The Balaban J connectivity index is 2.11. The molecule has 1 N–H and O–H groups in total. The summed E-state index contributed by atoms with van der Waals surface area (Å²) in [6.07, 6.45) is 13.6. The zero-order chi connectivity index (χ0) is 17.6. The van der Waals surface area contributed by atoms with E-state index in [0.717, 1.165) is 30.7 Å². The van der Waals surface area contributed by atoms with Gasteiger partial charge in [-0.1, -0.05) is 108 Å². The molecule has 0 amide bonds. The zero-order valence-electron chi connectivity index (χ0n) is 15.7. The van der Waals surface area contributed by atoms with Gasteiger partial charge in [0.15, 0.2) is 0 Å². The smallest absolute Gasteiger partial charge is 0.310 e. The maximum Gasteiger partial charge on any atom is 0.310 e. The predicted octanol–water partition coefficient (Wildman–Crippen LogP) is 6.80. The predicted molar refractivity (Wildman–Crippen MR) is 102 cm³/mol. The van der Waals surface area contributed by atoms with Crippen molar-refractivity contribution in [1.29, 1.82) is 0 Å². The normalized spacial score (nSPS) is 13.6. The van der Waals surface area contributed by atoms with Crippen LogP contribution in [0.1, 0.15) is 96.0 Å². The fourth-order valence-corrected chi connectivity index (χ4v) is 3.38. The minimum absolute atomic E-state index is 0.344. The zero-order valence-corrected chi connectivity index (χ0v) is 15.7. The first kappa shape index (κ1) is 20.7. The number of hydrogen-bond acceptors (Lipinski definition) is 1. The lowest BCUT2D eigenvalue weighted by Crippen LogP contribution is -2.11. The number of aliphatic carboxylic acids is 1. The van der Waals surface area contributed by atoms with E-state index in [0.29, 0.717) is 0 Å². The molecule has 0 spiro atoms. The van der Waals surface area contributed by atoms with Gasteiger partial charge in [0, 0.05) is 0 Å². The van der Waals surface area contributed by atoms with Crippen molar-refractivity contribution in [2.75, 3.05) is 0 Å². The van der Waals surface area contributed by atoms with Gasteiger partial charge in [0.2, 0.25) is 0 Å². The van der Waals surface area contributed by atoms with Crippen LogP contribution in [0.15, 0.2) is 30.3 Å². The minimum Gasteiger partial charge on any atom is -0.481 e. The summed E-state index contributed by atoms with van der Waals surface area (Å²) in [7, 11) is 0. The molecular weight excluding hydrogens is 296 g/mol. The first-order valence-corrected chi connectivity index (χ1v) is 9.92. The Bertz CT molecular complexity index is 427. The summed E-state index contributed by atoms with van der Waals surface area (Å²) in [6, 6.07) is 9.64. The van der Waals surface area contributed by atoms with Crippen molar-refractivity contribution in [3.05, 3.63) is 35.9 Å². The topological polar surface area (TPSA) is 37.3 Å². The summed E-state index contributed by atoms with van der Waals surface area (Å²) >= 11 is 0.